The number of pyridine rings is 2. The molecule has 0 aliphatic carbocycles. The van der Waals surface area contributed by atoms with E-state index >= 15 is 0 Å². The number of H-pyrrole nitrogens is 2. The monoisotopic (exact) mass is 466 g/mol. The van der Waals surface area contributed by atoms with E-state index in [0.717, 1.165) is 28.0 Å². The van der Waals surface area contributed by atoms with Gasteiger partial charge in [0.25, 0.3) is 0 Å². The van der Waals surface area contributed by atoms with Crippen LogP contribution in [0.25, 0.3) is 56.1 Å². The van der Waals surface area contributed by atoms with Crippen LogP contribution >= 0.6 is 0 Å². The fourth-order valence-electron chi connectivity index (χ4n) is 4.40. The largest absolute Gasteiger partial charge is 0.454 e. The van der Waals surface area contributed by atoms with Crippen molar-refractivity contribution in [3.63, 3.8) is 0 Å². The summed E-state index contributed by atoms with van der Waals surface area (Å²) in [6, 6.07) is 11.5. The van der Waals surface area contributed by atoms with Crippen LogP contribution in [0.5, 0.6) is 11.5 Å². The number of nitrogens with zero attached hydrogens (tertiary/aromatic N) is 6. The fourth-order valence-corrected chi connectivity index (χ4v) is 4.40. The summed E-state index contributed by atoms with van der Waals surface area (Å²) < 4.78 is 12.6. The van der Waals surface area contributed by atoms with E-state index in [4.69, 9.17) is 19.4 Å². The molecule has 35 heavy (non-hydrogen) atoms. The Morgan fingerprint density at radius 1 is 1.03 bits per heavy atom. The van der Waals surface area contributed by atoms with Crippen molar-refractivity contribution in [2.45, 2.75) is 6.61 Å². The lowest BCUT2D eigenvalue weighted by Gasteiger charge is -2.03. The molecule has 0 fully saturated rings. The van der Waals surface area contributed by atoms with Crippen LogP contribution in [0.15, 0.2) is 48.8 Å². The van der Waals surface area contributed by atoms with Crippen molar-refractivity contribution >= 4 is 22.2 Å². The minimum atomic E-state index is -0.175. The van der Waals surface area contributed by atoms with Crippen molar-refractivity contribution in [3.05, 3.63) is 54.5 Å². The highest BCUT2D eigenvalue weighted by molar-refractivity contribution is 5.95. The molecule has 6 aromatic rings. The average Bonchev–Trinajstić information content (AvgIpc) is 3.66. The molecule has 11 nitrogen and oxygen atoms in total. The van der Waals surface area contributed by atoms with Crippen LogP contribution in [0, 0.1) is 0 Å². The van der Waals surface area contributed by atoms with Gasteiger partial charge in [0, 0.05) is 30.6 Å². The van der Waals surface area contributed by atoms with Crippen molar-refractivity contribution in [2.75, 3.05) is 6.79 Å². The molecule has 0 saturated heterocycles. The highest BCUT2D eigenvalue weighted by Gasteiger charge is 2.20. The number of imidazole rings is 1. The van der Waals surface area contributed by atoms with Crippen LogP contribution in [0.1, 0.15) is 5.69 Å². The maximum absolute atomic E-state index is 9.69. The van der Waals surface area contributed by atoms with Crippen LogP contribution < -0.4 is 9.47 Å². The molecule has 0 amide bonds. The van der Waals surface area contributed by atoms with Gasteiger partial charge in [-0.3, -0.25) is 9.78 Å². The van der Waals surface area contributed by atoms with Crippen LogP contribution in [0.3, 0.4) is 0 Å². The van der Waals surface area contributed by atoms with E-state index in [1.165, 1.54) is 0 Å². The Morgan fingerprint density at radius 3 is 2.86 bits per heavy atom. The summed E-state index contributed by atoms with van der Waals surface area (Å²) in [5.41, 5.74) is 7.21. The summed E-state index contributed by atoms with van der Waals surface area (Å²) in [5, 5.41) is 21.5. The van der Waals surface area contributed by atoms with Gasteiger partial charge in [-0.05, 0) is 35.9 Å². The highest BCUT2D eigenvalue weighted by atomic mass is 16.7. The molecular formula is C24H18N8O3. The lowest BCUT2D eigenvalue weighted by Crippen LogP contribution is -1.92. The molecule has 1 aromatic carbocycles. The number of aryl methyl sites for hydroxylation is 1. The number of hydrogen-bond acceptors (Lipinski definition) is 8. The van der Waals surface area contributed by atoms with E-state index in [-0.39, 0.29) is 13.4 Å². The summed E-state index contributed by atoms with van der Waals surface area (Å²) >= 11 is 0. The summed E-state index contributed by atoms with van der Waals surface area (Å²) in [7, 11) is 1.81. The Bertz CT molecular complexity index is 1750. The number of aliphatic hydroxyl groups is 1. The molecule has 0 unspecified atom stereocenters. The molecule has 0 saturated carbocycles. The maximum atomic E-state index is 9.69. The van der Waals surface area contributed by atoms with Gasteiger partial charge in [0.2, 0.25) is 6.79 Å². The van der Waals surface area contributed by atoms with E-state index in [0.29, 0.717) is 45.3 Å². The van der Waals surface area contributed by atoms with E-state index in [2.05, 4.69) is 25.3 Å². The van der Waals surface area contributed by atoms with Crippen LogP contribution in [-0.4, -0.2) is 51.8 Å². The van der Waals surface area contributed by atoms with Gasteiger partial charge in [-0.25, -0.2) is 15.0 Å². The first-order chi connectivity index (χ1) is 17.2. The van der Waals surface area contributed by atoms with Gasteiger partial charge in [0.1, 0.15) is 11.0 Å². The molecular weight excluding hydrogens is 448 g/mol. The zero-order valence-corrected chi connectivity index (χ0v) is 18.5. The van der Waals surface area contributed by atoms with Gasteiger partial charge in [-0.1, -0.05) is 6.07 Å². The van der Waals surface area contributed by atoms with Crippen LogP contribution in [-0.2, 0) is 13.7 Å². The summed E-state index contributed by atoms with van der Waals surface area (Å²) in [5.74, 6) is 1.98. The number of fused-ring (bicyclic) bond motifs is 3. The Balaban J connectivity index is 1.36. The summed E-state index contributed by atoms with van der Waals surface area (Å²) in [6.07, 6.45) is 3.57. The van der Waals surface area contributed by atoms with E-state index in [9.17, 15) is 5.11 Å². The molecule has 11 heteroatoms. The third kappa shape index (κ3) is 3.05. The molecule has 7 rings (SSSR count). The van der Waals surface area contributed by atoms with Crippen LogP contribution in [0.2, 0.25) is 0 Å². The minimum Gasteiger partial charge on any atom is -0.454 e. The predicted octanol–water partition coefficient (Wildman–Crippen LogP) is 3.18. The number of hydrogen-bond donors (Lipinski definition) is 3. The Kier molecular flexibility index (Phi) is 4.14. The van der Waals surface area contributed by atoms with Gasteiger partial charge in [0.15, 0.2) is 28.7 Å². The molecule has 0 spiro atoms. The molecule has 0 atom stereocenters. The fraction of sp³-hybridized carbons (Fsp3) is 0.125. The number of ether oxygens (including phenoxy) is 2. The summed E-state index contributed by atoms with van der Waals surface area (Å²) in [6.45, 7) is 0.0448. The molecule has 0 bridgehead atoms. The van der Waals surface area contributed by atoms with Crippen molar-refractivity contribution in [3.8, 4) is 45.4 Å². The molecule has 6 heterocycles. The number of aromatic nitrogens is 8. The Labute approximate surface area is 197 Å². The van der Waals surface area contributed by atoms with Crippen molar-refractivity contribution in [1.29, 1.82) is 0 Å². The van der Waals surface area contributed by atoms with E-state index in [1.807, 2.05) is 49.6 Å². The van der Waals surface area contributed by atoms with Crippen molar-refractivity contribution in [1.82, 2.24) is 39.9 Å². The quantitative estimate of drug-likeness (QED) is 0.360. The number of benzene rings is 1. The second-order valence-corrected chi connectivity index (χ2v) is 8.20. The standard InChI is InChI=1S/C24H18N8O3/c1-32-9-14(17(10-33)31-32)15-3-4-16-21(26-15)22(30-29-16)24-27-20-13(6-7-25-23(20)28-24)12-2-5-18-19(8-12)35-11-34-18/h2-9,33H,10-11H2,1H3,(H,29,30)(H,25,27,28). The SMILES string of the molecule is Cn1cc(-c2ccc3[nH]nc(-c4nc5c(-c6ccc7c(c6)OCO7)ccnc5[nH]4)c3n2)c(CO)n1. The first-order valence-electron chi connectivity index (χ1n) is 10.9. The van der Waals surface area contributed by atoms with Crippen molar-refractivity contribution < 1.29 is 14.6 Å². The maximum Gasteiger partial charge on any atom is 0.231 e. The molecule has 5 aromatic heterocycles. The highest BCUT2D eigenvalue weighted by Crippen LogP contribution is 2.38. The average molecular weight is 466 g/mol. The van der Waals surface area contributed by atoms with Gasteiger partial charge < -0.3 is 19.6 Å². The van der Waals surface area contributed by atoms with Crippen LogP contribution in [0.4, 0.5) is 0 Å². The van der Waals surface area contributed by atoms with E-state index in [1.54, 1.807) is 10.9 Å². The zero-order chi connectivity index (χ0) is 23.5. The first kappa shape index (κ1) is 19.7. The third-order valence-corrected chi connectivity index (χ3v) is 6.03. The predicted molar refractivity (Wildman–Crippen MR) is 126 cm³/mol. The molecule has 172 valence electrons. The molecule has 0 radical (unpaired) electrons. The number of rotatable bonds is 4. The number of nitrogens with one attached hydrogen (secondary N) is 2. The topological polar surface area (TPSA) is 140 Å². The normalized spacial score (nSPS) is 12.7. The van der Waals surface area contributed by atoms with Crippen molar-refractivity contribution in [2.24, 2.45) is 7.05 Å². The molecule has 3 N–H and O–H groups in total. The van der Waals surface area contributed by atoms with Gasteiger partial charge >= 0.3 is 0 Å². The second-order valence-electron chi connectivity index (χ2n) is 8.20. The Hall–Kier alpha value is -4.77. The third-order valence-electron chi connectivity index (χ3n) is 6.03. The number of aromatic amines is 2. The zero-order valence-electron chi connectivity index (χ0n) is 18.5. The minimum absolute atomic E-state index is 0.175. The Morgan fingerprint density at radius 2 is 1.94 bits per heavy atom. The first-order valence-corrected chi connectivity index (χ1v) is 10.9. The molecule has 1 aliphatic rings. The second kappa shape index (κ2) is 7.37. The lowest BCUT2D eigenvalue weighted by molar-refractivity contribution is 0.174. The smallest absolute Gasteiger partial charge is 0.231 e. The van der Waals surface area contributed by atoms with Gasteiger partial charge in [-0.2, -0.15) is 10.2 Å². The van der Waals surface area contributed by atoms with Gasteiger partial charge in [0.05, 0.1) is 23.5 Å². The number of aliphatic hydroxyl groups excluding tert-OH is 1. The molecule has 1 aliphatic heterocycles. The van der Waals surface area contributed by atoms with Gasteiger partial charge in [-0.15, -0.1) is 0 Å². The van der Waals surface area contributed by atoms with E-state index < -0.39 is 0 Å². The lowest BCUT2D eigenvalue weighted by atomic mass is 10.1. The summed E-state index contributed by atoms with van der Waals surface area (Å²) in [4.78, 5) is 17.4.